The van der Waals surface area contributed by atoms with Crippen molar-refractivity contribution < 1.29 is 4.74 Å². The van der Waals surface area contributed by atoms with Gasteiger partial charge in [-0.15, -0.1) is 11.3 Å². The summed E-state index contributed by atoms with van der Waals surface area (Å²) in [5.41, 5.74) is 7.00. The fraction of sp³-hybridized carbons (Fsp3) is 0.385. The van der Waals surface area contributed by atoms with E-state index in [1.54, 1.807) is 11.3 Å². The van der Waals surface area contributed by atoms with Gasteiger partial charge in [0.15, 0.2) is 0 Å². The lowest BCUT2D eigenvalue weighted by Crippen LogP contribution is -2.18. The van der Waals surface area contributed by atoms with Crippen LogP contribution < -0.4 is 5.73 Å². The fourth-order valence-corrected chi connectivity index (χ4v) is 2.83. The second-order valence-electron chi connectivity index (χ2n) is 4.10. The van der Waals surface area contributed by atoms with E-state index < -0.39 is 0 Å². The normalized spacial score (nSPS) is 13.5. The molecule has 0 bridgehead atoms. The highest BCUT2D eigenvalue weighted by atomic mass is 32.1. The first kappa shape index (κ1) is 11.6. The number of thiophene rings is 1. The molecule has 2 nitrogen and oxygen atoms in total. The number of hydrogen-bond acceptors (Lipinski definition) is 3. The molecule has 1 unspecified atom stereocenters. The predicted molar refractivity (Wildman–Crippen MR) is 69.8 cm³/mol. The van der Waals surface area contributed by atoms with Gasteiger partial charge in [0.25, 0.3) is 0 Å². The lowest BCUT2D eigenvalue weighted by atomic mass is 10.1. The summed E-state index contributed by atoms with van der Waals surface area (Å²) >= 11 is 1.75. The molecule has 0 fully saturated rings. The Bertz CT molecular complexity index is 464. The van der Waals surface area contributed by atoms with Crippen molar-refractivity contribution in [3.63, 3.8) is 0 Å². The van der Waals surface area contributed by atoms with Crippen molar-refractivity contribution in [1.29, 1.82) is 0 Å². The van der Waals surface area contributed by atoms with Gasteiger partial charge in [0.05, 0.1) is 12.2 Å². The van der Waals surface area contributed by atoms with Gasteiger partial charge < -0.3 is 10.5 Å². The van der Waals surface area contributed by atoms with E-state index in [9.17, 15) is 0 Å². The van der Waals surface area contributed by atoms with Crippen LogP contribution in [0, 0.1) is 0 Å². The van der Waals surface area contributed by atoms with Gasteiger partial charge in [0.1, 0.15) is 0 Å². The molecule has 86 valence electrons. The van der Waals surface area contributed by atoms with E-state index in [0.717, 1.165) is 0 Å². The van der Waals surface area contributed by atoms with Gasteiger partial charge in [-0.3, -0.25) is 0 Å². The second-order valence-corrected chi connectivity index (χ2v) is 5.01. The first-order valence-electron chi connectivity index (χ1n) is 5.54. The highest BCUT2D eigenvalue weighted by Gasteiger charge is 2.15. The highest BCUT2D eigenvalue weighted by molar-refractivity contribution is 7.17. The van der Waals surface area contributed by atoms with E-state index >= 15 is 0 Å². The Morgan fingerprint density at radius 3 is 2.75 bits per heavy atom. The first-order valence-corrected chi connectivity index (χ1v) is 6.42. The Kier molecular flexibility index (Phi) is 3.59. The van der Waals surface area contributed by atoms with Gasteiger partial charge in [-0.2, -0.15) is 0 Å². The molecule has 2 rings (SSSR count). The zero-order valence-corrected chi connectivity index (χ0v) is 10.5. The van der Waals surface area contributed by atoms with Gasteiger partial charge in [-0.05, 0) is 30.7 Å². The monoisotopic (exact) mass is 235 g/mol. The minimum absolute atomic E-state index is 0.0103. The van der Waals surface area contributed by atoms with Crippen LogP contribution in [-0.2, 0) is 4.74 Å². The number of ether oxygens (including phenoxy) is 1. The van der Waals surface area contributed by atoms with Crippen molar-refractivity contribution in [3.8, 4) is 0 Å². The second kappa shape index (κ2) is 4.95. The van der Waals surface area contributed by atoms with Crippen molar-refractivity contribution in [1.82, 2.24) is 0 Å². The fourth-order valence-electron chi connectivity index (χ4n) is 1.83. The molecule has 0 saturated heterocycles. The molecule has 2 N–H and O–H groups in total. The zero-order valence-electron chi connectivity index (χ0n) is 9.64. The van der Waals surface area contributed by atoms with Crippen LogP contribution in [0.5, 0.6) is 0 Å². The van der Waals surface area contributed by atoms with Crippen molar-refractivity contribution in [2.75, 3.05) is 6.54 Å². The summed E-state index contributed by atoms with van der Waals surface area (Å²) in [7, 11) is 0. The molecule has 0 amide bonds. The summed E-state index contributed by atoms with van der Waals surface area (Å²) in [6, 6.07) is 8.38. The van der Waals surface area contributed by atoms with E-state index in [4.69, 9.17) is 10.5 Å². The van der Waals surface area contributed by atoms with Crippen LogP contribution in [0.4, 0.5) is 0 Å². The third-order valence-corrected chi connectivity index (χ3v) is 3.49. The molecular weight excluding hydrogens is 218 g/mol. The highest BCUT2D eigenvalue weighted by Crippen LogP contribution is 2.31. The van der Waals surface area contributed by atoms with Crippen LogP contribution in [0.2, 0.25) is 0 Å². The quantitative estimate of drug-likeness (QED) is 0.882. The van der Waals surface area contributed by atoms with Crippen molar-refractivity contribution in [2.45, 2.75) is 26.1 Å². The maximum absolute atomic E-state index is 5.83. The smallest absolute Gasteiger partial charge is 0.0964 e. The molecule has 1 aromatic heterocycles. The Hall–Kier alpha value is -0.900. The molecule has 0 aliphatic carbocycles. The minimum Gasteiger partial charge on any atom is -0.369 e. The number of hydrogen-bond donors (Lipinski definition) is 1. The maximum atomic E-state index is 5.83. The average Bonchev–Trinajstić information content (AvgIpc) is 2.69. The Morgan fingerprint density at radius 2 is 2.06 bits per heavy atom. The van der Waals surface area contributed by atoms with Gasteiger partial charge in [-0.1, -0.05) is 18.2 Å². The summed E-state index contributed by atoms with van der Waals surface area (Å²) in [5, 5.41) is 3.42. The topological polar surface area (TPSA) is 35.2 Å². The van der Waals surface area contributed by atoms with Gasteiger partial charge >= 0.3 is 0 Å². The average molecular weight is 235 g/mol. The number of nitrogens with two attached hydrogens (primary N) is 1. The lowest BCUT2D eigenvalue weighted by molar-refractivity contribution is 0.0130. The molecule has 2 aromatic rings. The standard InChI is InChI=1S/C13H17NOS/c1-9(2)15-12(7-14)11-8-16-13-6-4-3-5-10(11)13/h3-6,8-9,12H,7,14H2,1-2H3. The van der Waals surface area contributed by atoms with Crippen LogP contribution in [0.1, 0.15) is 25.5 Å². The van der Waals surface area contributed by atoms with Crippen LogP contribution >= 0.6 is 11.3 Å². The molecule has 0 saturated carbocycles. The van der Waals surface area contributed by atoms with Gasteiger partial charge in [0, 0.05) is 16.8 Å². The number of fused-ring (bicyclic) bond motifs is 1. The molecule has 0 spiro atoms. The van der Waals surface area contributed by atoms with E-state index in [2.05, 4.69) is 29.6 Å². The molecular formula is C13H17NOS. The van der Waals surface area contributed by atoms with E-state index in [1.807, 2.05) is 13.8 Å². The van der Waals surface area contributed by atoms with Crippen LogP contribution in [0.15, 0.2) is 29.6 Å². The molecule has 0 aliphatic heterocycles. The SMILES string of the molecule is CC(C)OC(CN)c1csc2ccccc12. The van der Waals surface area contributed by atoms with Gasteiger partial charge in [0.2, 0.25) is 0 Å². The number of benzene rings is 1. The van der Waals surface area contributed by atoms with Gasteiger partial charge in [-0.25, -0.2) is 0 Å². The van der Waals surface area contributed by atoms with Crippen LogP contribution in [-0.4, -0.2) is 12.6 Å². The number of rotatable bonds is 4. The first-order chi connectivity index (χ1) is 7.72. The minimum atomic E-state index is 0.0103. The Labute approximate surface area is 100 Å². The molecule has 0 aliphatic rings. The molecule has 1 atom stereocenters. The molecule has 16 heavy (non-hydrogen) atoms. The summed E-state index contributed by atoms with van der Waals surface area (Å²) in [6.07, 6.45) is 0.211. The summed E-state index contributed by atoms with van der Waals surface area (Å²) in [5.74, 6) is 0. The molecule has 3 heteroatoms. The summed E-state index contributed by atoms with van der Waals surface area (Å²) in [6.45, 7) is 4.60. The molecule has 0 radical (unpaired) electrons. The van der Waals surface area contributed by atoms with Crippen molar-refractivity contribution >= 4 is 21.4 Å². The molecule has 1 aromatic carbocycles. The zero-order chi connectivity index (χ0) is 11.5. The molecule has 1 heterocycles. The van der Waals surface area contributed by atoms with Crippen LogP contribution in [0.25, 0.3) is 10.1 Å². The Balaban J connectivity index is 2.37. The van der Waals surface area contributed by atoms with Crippen LogP contribution in [0.3, 0.4) is 0 Å². The van der Waals surface area contributed by atoms with Crippen molar-refractivity contribution in [3.05, 3.63) is 35.2 Å². The lowest BCUT2D eigenvalue weighted by Gasteiger charge is -2.18. The third-order valence-electron chi connectivity index (χ3n) is 2.51. The Morgan fingerprint density at radius 1 is 1.31 bits per heavy atom. The maximum Gasteiger partial charge on any atom is 0.0964 e. The largest absolute Gasteiger partial charge is 0.369 e. The summed E-state index contributed by atoms with van der Waals surface area (Å²) in [4.78, 5) is 0. The van der Waals surface area contributed by atoms with E-state index in [0.29, 0.717) is 6.54 Å². The van der Waals surface area contributed by atoms with Crippen molar-refractivity contribution in [2.24, 2.45) is 5.73 Å². The van der Waals surface area contributed by atoms with E-state index in [-0.39, 0.29) is 12.2 Å². The summed E-state index contributed by atoms with van der Waals surface area (Å²) < 4.78 is 7.13. The third kappa shape index (κ3) is 2.26. The predicted octanol–water partition coefficient (Wildman–Crippen LogP) is 3.33. The van der Waals surface area contributed by atoms with E-state index in [1.165, 1.54) is 15.6 Å².